The molecule has 1 aromatic carbocycles. The molecule has 0 aromatic heterocycles. The molecule has 1 N–H and O–H groups in total. The number of carbonyl (C=O) groups is 1. The lowest BCUT2D eigenvalue weighted by Crippen LogP contribution is -2.28. The lowest BCUT2D eigenvalue weighted by atomic mass is 10.1. The summed E-state index contributed by atoms with van der Waals surface area (Å²) in [6.45, 7) is 0.0452. The van der Waals surface area contributed by atoms with Gasteiger partial charge in [0, 0.05) is 11.9 Å². The predicted molar refractivity (Wildman–Crippen MR) is 57.0 cm³/mol. The largest absolute Gasteiger partial charge is 0.352 e. The fraction of sp³-hybridized carbons (Fsp3) is 0.300. The van der Waals surface area contributed by atoms with Gasteiger partial charge in [-0.15, -0.1) is 0 Å². The van der Waals surface area contributed by atoms with Gasteiger partial charge in [0.25, 0.3) is 5.91 Å². The van der Waals surface area contributed by atoms with E-state index in [0.29, 0.717) is 11.8 Å². The van der Waals surface area contributed by atoms with E-state index in [0.717, 1.165) is 0 Å². The Balaban J connectivity index is 3.13. The van der Waals surface area contributed by atoms with Crippen LogP contribution in [-0.2, 0) is 0 Å². The van der Waals surface area contributed by atoms with Gasteiger partial charge < -0.3 is 5.32 Å². The molecule has 0 heterocycles. The van der Waals surface area contributed by atoms with Gasteiger partial charge in [-0.2, -0.15) is 0 Å². The molecule has 8 heteroatoms. The SMILES string of the molecule is O=C(NCCCBr)c1c(F)c(F)c(F)c(F)c1F. The molecule has 2 nitrogen and oxygen atoms in total. The molecule has 0 unspecified atom stereocenters. The summed E-state index contributed by atoms with van der Waals surface area (Å²) in [6, 6.07) is 0. The van der Waals surface area contributed by atoms with Crippen LogP contribution in [0.2, 0.25) is 0 Å². The third-order valence-electron chi connectivity index (χ3n) is 2.03. The molecule has 0 fully saturated rings. The normalized spacial score (nSPS) is 10.6. The minimum atomic E-state index is -2.29. The van der Waals surface area contributed by atoms with Gasteiger partial charge in [-0.05, 0) is 6.42 Å². The van der Waals surface area contributed by atoms with E-state index >= 15 is 0 Å². The Kier molecular flexibility index (Phi) is 5.06. The van der Waals surface area contributed by atoms with Crippen LogP contribution in [0, 0.1) is 29.1 Å². The van der Waals surface area contributed by atoms with Crippen LogP contribution >= 0.6 is 15.9 Å². The van der Waals surface area contributed by atoms with Crippen molar-refractivity contribution in [3.8, 4) is 0 Å². The maximum Gasteiger partial charge on any atom is 0.257 e. The summed E-state index contributed by atoms with van der Waals surface area (Å²) in [4.78, 5) is 11.3. The molecule has 0 atom stereocenters. The average Bonchev–Trinajstić information content (AvgIpc) is 2.34. The summed E-state index contributed by atoms with van der Waals surface area (Å²) in [5.41, 5.74) is -1.47. The molecule has 0 saturated carbocycles. The first-order valence-electron chi connectivity index (χ1n) is 4.77. The fourth-order valence-electron chi connectivity index (χ4n) is 1.16. The molecule has 0 aliphatic heterocycles. The van der Waals surface area contributed by atoms with E-state index in [-0.39, 0.29) is 6.54 Å². The van der Waals surface area contributed by atoms with E-state index in [1.54, 1.807) is 0 Å². The van der Waals surface area contributed by atoms with Gasteiger partial charge in [0.05, 0.1) is 0 Å². The molecule has 0 radical (unpaired) electrons. The van der Waals surface area contributed by atoms with Gasteiger partial charge in [0.2, 0.25) is 5.82 Å². The number of halogens is 6. The van der Waals surface area contributed by atoms with Gasteiger partial charge in [0.15, 0.2) is 23.3 Å². The van der Waals surface area contributed by atoms with E-state index in [1.807, 2.05) is 0 Å². The Bertz CT molecular complexity index is 451. The summed E-state index contributed by atoms with van der Waals surface area (Å²) in [5.74, 6) is -12.2. The zero-order valence-corrected chi connectivity index (χ0v) is 10.4. The van der Waals surface area contributed by atoms with Gasteiger partial charge in [-0.25, -0.2) is 22.0 Å². The first-order valence-corrected chi connectivity index (χ1v) is 5.89. The highest BCUT2D eigenvalue weighted by Gasteiger charge is 2.29. The molecular formula is C10H7BrF5NO. The minimum absolute atomic E-state index is 0.0452. The van der Waals surface area contributed by atoms with Crippen molar-refractivity contribution in [2.75, 3.05) is 11.9 Å². The molecular weight excluding hydrogens is 325 g/mol. The maximum atomic E-state index is 13.2. The van der Waals surface area contributed by atoms with Crippen molar-refractivity contribution >= 4 is 21.8 Å². The number of benzene rings is 1. The van der Waals surface area contributed by atoms with Crippen molar-refractivity contribution < 1.29 is 26.7 Å². The predicted octanol–water partition coefficient (Wildman–Crippen LogP) is 2.90. The first-order chi connectivity index (χ1) is 8.41. The number of amides is 1. The summed E-state index contributed by atoms with van der Waals surface area (Å²) in [5, 5.41) is 2.57. The topological polar surface area (TPSA) is 29.1 Å². The maximum absolute atomic E-state index is 13.2. The smallest absolute Gasteiger partial charge is 0.257 e. The first kappa shape index (κ1) is 14.9. The fourth-order valence-corrected chi connectivity index (χ4v) is 1.44. The Morgan fingerprint density at radius 2 is 1.39 bits per heavy atom. The molecule has 0 aliphatic carbocycles. The third-order valence-corrected chi connectivity index (χ3v) is 2.59. The third kappa shape index (κ3) is 2.80. The van der Waals surface area contributed by atoms with Gasteiger partial charge in [0.1, 0.15) is 5.56 Å². The second-order valence-electron chi connectivity index (χ2n) is 3.24. The Hall–Kier alpha value is -1.18. The van der Waals surface area contributed by atoms with Gasteiger partial charge >= 0.3 is 0 Å². The summed E-state index contributed by atoms with van der Waals surface area (Å²) < 4.78 is 64.7. The van der Waals surface area contributed by atoms with Crippen LogP contribution in [-0.4, -0.2) is 17.8 Å². The molecule has 18 heavy (non-hydrogen) atoms. The second-order valence-corrected chi connectivity index (χ2v) is 4.04. The molecule has 0 saturated heterocycles. The molecule has 1 aromatic rings. The zero-order chi connectivity index (χ0) is 13.9. The number of carbonyl (C=O) groups excluding carboxylic acids is 1. The van der Waals surface area contributed by atoms with Crippen molar-refractivity contribution in [2.24, 2.45) is 0 Å². The van der Waals surface area contributed by atoms with Gasteiger partial charge in [-0.1, -0.05) is 15.9 Å². The van der Waals surface area contributed by atoms with Crippen LogP contribution in [0.15, 0.2) is 0 Å². The molecule has 0 aliphatic rings. The summed E-state index contributed by atoms with van der Waals surface area (Å²) >= 11 is 3.05. The number of rotatable bonds is 4. The van der Waals surface area contributed by atoms with Crippen LogP contribution in [0.1, 0.15) is 16.8 Å². The van der Waals surface area contributed by atoms with Crippen molar-refractivity contribution in [1.82, 2.24) is 5.32 Å². The number of alkyl halides is 1. The van der Waals surface area contributed by atoms with Crippen LogP contribution in [0.3, 0.4) is 0 Å². The Morgan fingerprint density at radius 3 is 1.83 bits per heavy atom. The number of nitrogens with one attached hydrogen (secondary N) is 1. The van der Waals surface area contributed by atoms with Crippen LogP contribution in [0.25, 0.3) is 0 Å². The van der Waals surface area contributed by atoms with Crippen molar-refractivity contribution in [3.05, 3.63) is 34.6 Å². The molecule has 1 amide bonds. The van der Waals surface area contributed by atoms with E-state index in [1.165, 1.54) is 0 Å². The summed E-state index contributed by atoms with van der Waals surface area (Å²) in [6.07, 6.45) is 0.446. The monoisotopic (exact) mass is 331 g/mol. The van der Waals surface area contributed by atoms with E-state index in [2.05, 4.69) is 21.2 Å². The number of hydrogen-bond donors (Lipinski definition) is 1. The van der Waals surface area contributed by atoms with Crippen LogP contribution < -0.4 is 5.32 Å². The zero-order valence-electron chi connectivity index (χ0n) is 8.80. The highest BCUT2D eigenvalue weighted by molar-refractivity contribution is 9.09. The van der Waals surface area contributed by atoms with E-state index in [9.17, 15) is 26.7 Å². The number of hydrogen-bond acceptors (Lipinski definition) is 1. The van der Waals surface area contributed by atoms with Crippen molar-refractivity contribution in [2.45, 2.75) is 6.42 Å². The second kappa shape index (κ2) is 6.12. The Morgan fingerprint density at radius 1 is 0.944 bits per heavy atom. The van der Waals surface area contributed by atoms with E-state index < -0.39 is 40.6 Å². The van der Waals surface area contributed by atoms with Gasteiger partial charge in [-0.3, -0.25) is 4.79 Å². The van der Waals surface area contributed by atoms with Crippen molar-refractivity contribution in [3.63, 3.8) is 0 Å². The standard InChI is InChI=1S/C10H7BrF5NO/c11-2-1-3-17-10(18)4-5(12)7(14)9(16)8(15)6(4)13/h1-3H2,(H,17,18). The molecule has 1 rings (SSSR count). The molecule has 0 spiro atoms. The average molecular weight is 332 g/mol. The summed E-state index contributed by atoms with van der Waals surface area (Å²) in [7, 11) is 0. The lowest BCUT2D eigenvalue weighted by molar-refractivity contribution is 0.0942. The minimum Gasteiger partial charge on any atom is -0.352 e. The molecule has 0 bridgehead atoms. The molecule has 100 valence electrons. The highest BCUT2D eigenvalue weighted by atomic mass is 79.9. The highest BCUT2D eigenvalue weighted by Crippen LogP contribution is 2.22. The van der Waals surface area contributed by atoms with Crippen molar-refractivity contribution in [1.29, 1.82) is 0 Å². The van der Waals surface area contributed by atoms with E-state index in [4.69, 9.17) is 0 Å². The lowest BCUT2D eigenvalue weighted by Gasteiger charge is -2.08. The van der Waals surface area contributed by atoms with Crippen LogP contribution in [0.4, 0.5) is 22.0 Å². The Labute approximate surface area is 107 Å². The quantitative estimate of drug-likeness (QED) is 0.297. The van der Waals surface area contributed by atoms with Crippen LogP contribution in [0.5, 0.6) is 0 Å².